The molecule has 1 atom stereocenters. The van der Waals surface area contributed by atoms with Crippen LogP contribution in [0.4, 0.5) is 5.95 Å². The first-order chi connectivity index (χ1) is 14.1. The number of pyridine rings is 1. The maximum absolute atomic E-state index is 12.7. The Labute approximate surface area is 168 Å². The van der Waals surface area contributed by atoms with Crippen LogP contribution in [0, 0.1) is 0 Å². The van der Waals surface area contributed by atoms with E-state index in [9.17, 15) is 9.90 Å². The summed E-state index contributed by atoms with van der Waals surface area (Å²) in [6, 6.07) is 8.85. The van der Waals surface area contributed by atoms with Crippen molar-refractivity contribution >= 4 is 17.0 Å². The molecule has 0 amide bonds. The normalized spacial score (nSPS) is 16.4. The van der Waals surface area contributed by atoms with Crippen LogP contribution in [-0.4, -0.2) is 53.1 Å². The van der Waals surface area contributed by atoms with Crippen LogP contribution in [0.1, 0.15) is 18.4 Å². The number of nitrogens with zero attached hydrogens (tertiary/aromatic N) is 4. The average molecular weight is 396 g/mol. The van der Waals surface area contributed by atoms with E-state index in [4.69, 9.17) is 14.5 Å². The van der Waals surface area contributed by atoms with Crippen LogP contribution < -0.4 is 19.9 Å². The van der Waals surface area contributed by atoms with Crippen LogP contribution in [0.5, 0.6) is 11.5 Å². The molecule has 0 spiro atoms. The van der Waals surface area contributed by atoms with E-state index in [1.165, 1.54) is 6.07 Å². The van der Waals surface area contributed by atoms with Crippen LogP contribution in [0.15, 0.2) is 41.3 Å². The molecule has 29 heavy (non-hydrogen) atoms. The Balaban J connectivity index is 1.76. The van der Waals surface area contributed by atoms with Crippen molar-refractivity contribution in [1.82, 2.24) is 14.5 Å². The van der Waals surface area contributed by atoms with E-state index in [1.54, 1.807) is 31.0 Å². The fourth-order valence-electron chi connectivity index (χ4n) is 3.80. The Bertz CT molecular complexity index is 1080. The number of benzene rings is 1. The predicted octanol–water partition coefficient (Wildman–Crippen LogP) is 1.82. The highest BCUT2D eigenvalue weighted by atomic mass is 16.5. The average Bonchev–Trinajstić information content (AvgIpc) is 3.24. The van der Waals surface area contributed by atoms with Crippen LogP contribution in [-0.2, 0) is 6.54 Å². The van der Waals surface area contributed by atoms with Crippen molar-refractivity contribution < 1.29 is 14.6 Å². The molecular weight excluding hydrogens is 372 g/mol. The van der Waals surface area contributed by atoms with Crippen molar-refractivity contribution in [2.45, 2.75) is 25.4 Å². The molecule has 1 aliphatic heterocycles. The first-order valence-corrected chi connectivity index (χ1v) is 9.59. The largest absolute Gasteiger partial charge is 0.493 e. The Morgan fingerprint density at radius 1 is 1.17 bits per heavy atom. The van der Waals surface area contributed by atoms with Gasteiger partial charge in [-0.2, -0.15) is 4.98 Å². The summed E-state index contributed by atoms with van der Waals surface area (Å²) in [5.74, 6) is 1.78. The lowest BCUT2D eigenvalue weighted by atomic mass is 10.2. The molecule has 0 bridgehead atoms. The molecule has 0 unspecified atom stereocenters. The molecule has 1 N–H and O–H groups in total. The fraction of sp³-hybridized carbons (Fsp3) is 0.381. The quantitative estimate of drug-likeness (QED) is 0.680. The van der Waals surface area contributed by atoms with Crippen LogP contribution in [0.2, 0.25) is 0 Å². The molecule has 0 aliphatic carbocycles. The van der Waals surface area contributed by atoms with Gasteiger partial charge in [-0.3, -0.25) is 9.36 Å². The van der Waals surface area contributed by atoms with Gasteiger partial charge in [0.15, 0.2) is 11.5 Å². The van der Waals surface area contributed by atoms with Crippen LogP contribution in [0.25, 0.3) is 11.0 Å². The van der Waals surface area contributed by atoms with Crippen LogP contribution in [0.3, 0.4) is 0 Å². The third-order valence-electron chi connectivity index (χ3n) is 5.34. The van der Waals surface area contributed by atoms with Crippen molar-refractivity contribution in [1.29, 1.82) is 0 Å². The fourth-order valence-corrected chi connectivity index (χ4v) is 3.80. The molecule has 1 aliphatic rings. The summed E-state index contributed by atoms with van der Waals surface area (Å²) in [6.07, 6.45) is 3.62. The number of fused-ring (bicyclic) bond motifs is 1. The smallest absolute Gasteiger partial charge is 0.252 e. The number of methoxy groups -OCH3 is 2. The second-order valence-electron chi connectivity index (χ2n) is 7.07. The second-order valence-corrected chi connectivity index (χ2v) is 7.07. The van der Waals surface area contributed by atoms with Gasteiger partial charge in [0.25, 0.3) is 5.56 Å². The van der Waals surface area contributed by atoms with Crippen molar-refractivity contribution in [3.05, 3.63) is 52.4 Å². The summed E-state index contributed by atoms with van der Waals surface area (Å²) < 4.78 is 12.3. The van der Waals surface area contributed by atoms with E-state index in [1.807, 2.05) is 23.1 Å². The number of aliphatic hydroxyl groups is 1. The molecular formula is C21H24N4O4. The van der Waals surface area contributed by atoms with Crippen molar-refractivity contribution in [2.75, 3.05) is 32.3 Å². The minimum atomic E-state index is -0.142. The van der Waals surface area contributed by atoms with Crippen molar-refractivity contribution in [3.63, 3.8) is 0 Å². The van der Waals surface area contributed by atoms with Gasteiger partial charge < -0.3 is 19.5 Å². The third kappa shape index (κ3) is 3.63. The molecule has 0 saturated carbocycles. The highest BCUT2D eigenvalue weighted by molar-refractivity contribution is 5.75. The number of hydrogen-bond donors (Lipinski definition) is 1. The number of hydrogen-bond acceptors (Lipinski definition) is 7. The predicted molar refractivity (Wildman–Crippen MR) is 110 cm³/mol. The van der Waals surface area contributed by atoms with Crippen LogP contribution >= 0.6 is 0 Å². The molecule has 3 aromatic rings. The van der Waals surface area contributed by atoms with Gasteiger partial charge in [0.05, 0.1) is 33.4 Å². The van der Waals surface area contributed by atoms with E-state index in [0.29, 0.717) is 29.6 Å². The van der Waals surface area contributed by atoms with Gasteiger partial charge >= 0.3 is 0 Å². The minimum Gasteiger partial charge on any atom is -0.493 e. The Kier molecular flexibility index (Phi) is 5.35. The highest BCUT2D eigenvalue weighted by Crippen LogP contribution is 2.28. The zero-order chi connectivity index (χ0) is 20.4. The summed E-state index contributed by atoms with van der Waals surface area (Å²) in [6.45, 7) is 1.20. The number of aromatic nitrogens is 3. The van der Waals surface area contributed by atoms with Gasteiger partial charge in [0, 0.05) is 24.2 Å². The molecule has 4 rings (SSSR count). The standard InChI is InChI=1S/C21H24N4O4/c1-28-17-7-5-14(10-18(17)29-2)12-25-19(27)8-6-15-11-22-21(23-20(15)25)24-9-3-4-16(24)13-26/h5-8,10-11,16,26H,3-4,9,12-13H2,1-2H3/t16-/m0/s1. The monoisotopic (exact) mass is 396 g/mol. The second kappa shape index (κ2) is 8.08. The van der Waals surface area contributed by atoms with Gasteiger partial charge in [-0.25, -0.2) is 4.98 Å². The summed E-state index contributed by atoms with van der Waals surface area (Å²) in [5.41, 5.74) is 1.32. The summed E-state index contributed by atoms with van der Waals surface area (Å²) in [5, 5.41) is 10.4. The van der Waals surface area contributed by atoms with E-state index in [2.05, 4.69) is 4.98 Å². The molecule has 8 nitrogen and oxygen atoms in total. The number of rotatable bonds is 6. The molecule has 152 valence electrons. The SMILES string of the molecule is COc1ccc(Cn2c(=O)ccc3cnc(N4CCC[C@H]4CO)nc32)cc1OC. The van der Waals surface area contributed by atoms with E-state index in [0.717, 1.165) is 30.3 Å². The maximum atomic E-state index is 12.7. The zero-order valence-electron chi connectivity index (χ0n) is 16.5. The Morgan fingerprint density at radius 3 is 2.76 bits per heavy atom. The molecule has 3 heterocycles. The number of aliphatic hydroxyl groups excluding tert-OH is 1. The summed E-state index contributed by atoms with van der Waals surface area (Å²) in [4.78, 5) is 23.8. The minimum absolute atomic E-state index is 0.0159. The summed E-state index contributed by atoms with van der Waals surface area (Å²) in [7, 11) is 3.17. The van der Waals surface area contributed by atoms with Gasteiger partial charge in [-0.1, -0.05) is 6.07 Å². The van der Waals surface area contributed by atoms with Crippen molar-refractivity contribution in [2.24, 2.45) is 0 Å². The topological polar surface area (TPSA) is 89.7 Å². The lowest BCUT2D eigenvalue weighted by Gasteiger charge is -2.23. The van der Waals surface area contributed by atoms with Gasteiger partial charge in [-0.15, -0.1) is 0 Å². The van der Waals surface area contributed by atoms with Gasteiger partial charge in [-0.05, 0) is 36.6 Å². The number of ether oxygens (including phenoxy) is 2. The van der Waals surface area contributed by atoms with E-state index < -0.39 is 0 Å². The lowest BCUT2D eigenvalue weighted by molar-refractivity contribution is 0.265. The molecule has 1 fully saturated rings. The van der Waals surface area contributed by atoms with E-state index in [-0.39, 0.29) is 18.2 Å². The first-order valence-electron chi connectivity index (χ1n) is 9.59. The molecule has 2 aromatic heterocycles. The first kappa shape index (κ1) is 19.2. The molecule has 1 aromatic carbocycles. The number of anilines is 1. The molecule has 1 saturated heterocycles. The van der Waals surface area contributed by atoms with Gasteiger partial charge in [0.1, 0.15) is 5.65 Å². The zero-order valence-corrected chi connectivity index (χ0v) is 16.5. The van der Waals surface area contributed by atoms with E-state index >= 15 is 0 Å². The lowest BCUT2D eigenvalue weighted by Crippen LogP contribution is -2.33. The van der Waals surface area contributed by atoms with Gasteiger partial charge in [0.2, 0.25) is 5.95 Å². The summed E-state index contributed by atoms with van der Waals surface area (Å²) >= 11 is 0. The Hall–Kier alpha value is -3.13. The highest BCUT2D eigenvalue weighted by Gasteiger charge is 2.26. The van der Waals surface area contributed by atoms with Crippen molar-refractivity contribution in [3.8, 4) is 11.5 Å². The molecule has 8 heteroatoms. The third-order valence-corrected chi connectivity index (χ3v) is 5.34. The maximum Gasteiger partial charge on any atom is 0.252 e. The molecule has 0 radical (unpaired) electrons. The Morgan fingerprint density at radius 2 is 2.00 bits per heavy atom.